The van der Waals surface area contributed by atoms with Gasteiger partial charge in [-0.2, -0.15) is 8.62 Å². The molecule has 1 heterocycles. The lowest BCUT2D eigenvalue weighted by molar-refractivity contribution is -0.329. The van der Waals surface area contributed by atoms with Crippen molar-refractivity contribution in [1.29, 1.82) is 0 Å². The van der Waals surface area contributed by atoms with Crippen LogP contribution >= 0.6 is 23.5 Å². The Balaban J connectivity index is 2.73. The van der Waals surface area contributed by atoms with E-state index in [9.17, 15) is 39.0 Å². The van der Waals surface area contributed by atoms with Gasteiger partial charge in [-0.05, 0) is 0 Å². The Hall–Kier alpha value is 0.210. The number of phosphoric ester groups is 1. The van der Waals surface area contributed by atoms with Crippen molar-refractivity contribution in [2.24, 2.45) is 0 Å². The quantitative estimate of drug-likeness (QED) is 0.193. The first-order chi connectivity index (χ1) is 10.6. The van der Waals surface area contributed by atoms with Crippen molar-refractivity contribution in [2.45, 2.75) is 24.1 Å². The minimum atomic E-state index is -5.74. The van der Waals surface area contributed by atoms with E-state index in [0.29, 0.717) is 0 Å². The van der Waals surface area contributed by atoms with Crippen LogP contribution in [0.2, 0.25) is 0 Å². The zero-order valence-electron chi connectivity index (χ0n) is 11.4. The molecule has 15 nitrogen and oxygen atoms in total. The highest BCUT2D eigenvalue weighted by Crippen LogP contribution is 2.66. The van der Waals surface area contributed by atoms with Gasteiger partial charge >= 0.3 is 23.5 Å². The van der Waals surface area contributed by atoms with E-state index in [1.54, 1.807) is 0 Å². The van der Waals surface area contributed by atoms with E-state index in [1.165, 1.54) is 0 Å². The van der Waals surface area contributed by atoms with Gasteiger partial charge in [0.1, 0.15) is 24.9 Å². The molecule has 0 bridgehead atoms. The summed E-state index contributed by atoms with van der Waals surface area (Å²) in [6, 6.07) is 0. The van der Waals surface area contributed by atoms with Gasteiger partial charge in [-0.1, -0.05) is 0 Å². The van der Waals surface area contributed by atoms with Gasteiger partial charge in [-0.15, -0.1) is 0 Å². The largest absolute Gasteiger partial charge is 0.490 e. The third-order valence-corrected chi connectivity index (χ3v) is 6.32. The monoisotopic (exact) mass is 420 g/mol. The number of phosphoric acid groups is 3. The third-order valence-electron chi connectivity index (χ3n) is 2.53. The van der Waals surface area contributed by atoms with Crippen LogP contribution in [0.1, 0.15) is 0 Å². The zero-order chi connectivity index (χ0) is 19.0. The number of aliphatic hydroxyl groups is 4. The van der Waals surface area contributed by atoms with Gasteiger partial charge in [0.05, 0.1) is 6.61 Å². The fraction of sp³-hybridized carbons (Fsp3) is 1.00. The summed E-state index contributed by atoms with van der Waals surface area (Å²) in [6.07, 6.45) is -5.69. The van der Waals surface area contributed by atoms with Gasteiger partial charge < -0.3 is 44.7 Å². The third kappa shape index (κ3) is 6.50. The van der Waals surface area contributed by atoms with E-state index >= 15 is 0 Å². The van der Waals surface area contributed by atoms with E-state index < -0.39 is 60.8 Å². The molecule has 1 saturated heterocycles. The second kappa shape index (κ2) is 7.45. The average molecular weight is 420 g/mol. The lowest BCUT2D eigenvalue weighted by Crippen LogP contribution is -2.62. The SMILES string of the molecule is O=P(O)(O)OP(=O)(O)OP(=O)(O)OCC1(O)OC[C@@H](O)[C@@H](O)[C@@H]1O. The molecule has 18 heteroatoms. The summed E-state index contributed by atoms with van der Waals surface area (Å²) in [5, 5.41) is 37.9. The van der Waals surface area contributed by atoms with Crippen LogP contribution < -0.4 is 0 Å². The zero-order valence-corrected chi connectivity index (χ0v) is 14.1. The Kier molecular flexibility index (Phi) is 6.90. The maximum Gasteiger partial charge on any atom is 0.490 e. The van der Waals surface area contributed by atoms with Crippen LogP contribution in [0.4, 0.5) is 0 Å². The maximum atomic E-state index is 11.4. The standard InChI is InChI=1S/C6H15O15P3/c7-3-1-18-6(10,5(9)4(3)8)2-19-23(14,15)21-24(16,17)20-22(11,12)13/h3-5,7-10H,1-2H2,(H,14,15)(H,16,17)(H2,11,12,13)/t3-,4-,5+,6?/m1/s1. The van der Waals surface area contributed by atoms with Crippen LogP contribution in [0.3, 0.4) is 0 Å². The molecule has 0 spiro atoms. The summed E-state index contributed by atoms with van der Waals surface area (Å²) in [6.45, 7) is -2.10. The number of ether oxygens (including phenoxy) is 1. The first kappa shape index (κ1) is 22.3. The summed E-state index contributed by atoms with van der Waals surface area (Å²) in [4.78, 5) is 34.8. The number of hydrogen-bond donors (Lipinski definition) is 8. The molecule has 0 aromatic rings. The molecule has 0 radical (unpaired) electrons. The Morgan fingerprint density at radius 2 is 1.54 bits per heavy atom. The fourth-order valence-electron chi connectivity index (χ4n) is 1.50. The average Bonchev–Trinajstić information content (AvgIpc) is 2.35. The highest BCUT2D eigenvalue weighted by atomic mass is 31.3. The molecule has 6 atom stereocenters. The number of aliphatic hydroxyl groups excluding tert-OH is 3. The van der Waals surface area contributed by atoms with Crippen molar-refractivity contribution in [3.63, 3.8) is 0 Å². The van der Waals surface area contributed by atoms with Crippen LogP contribution in [0, 0.1) is 0 Å². The minimum absolute atomic E-state index is 0.700. The van der Waals surface area contributed by atoms with Crippen molar-refractivity contribution >= 4 is 23.5 Å². The fourth-order valence-corrected chi connectivity index (χ4v) is 4.54. The molecule has 0 aromatic carbocycles. The van der Waals surface area contributed by atoms with Crippen LogP contribution in [0.5, 0.6) is 0 Å². The summed E-state index contributed by atoms with van der Waals surface area (Å²) < 4.78 is 48.4. The molecule has 1 aliphatic heterocycles. The second-order valence-corrected chi connectivity index (χ2v) is 8.94. The highest BCUT2D eigenvalue weighted by molar-refractivity contribution is 7.66. The Bertz CT molecular complexity index is 586. The van der Waals surface area contributed by atoms with E-state index in [4.69, 9.17) is 14.7 Å². The van der Waals surface area contributed by atoms with Gasteiger partial charge in [-0.25, -0.2) is 13.7 Å². The first-order valence-electron chi connectivity index (χ1n) is 5.76. The summed E-state index contributed by atoms with van der Waals surface area (Å²) in [7, 11) is -16.8. The van der Waals surface area contributed by atoms with Gasteiger partial charge in [0.25, 0.3) is 0 Å². The van der Waals surface area contributed by atoms with Crippen molar-refractivity contribution < 1.29 is 71.6 Å². The summed E-state index contributed by atoms with van der Waals surface area (Å²) in [5.41, 5.74) is 0. The molecule has 0 saturated carbocycles. The van der Waals surface area contributed by atoms with Crippen LogP contribution in [0.15, 0.2) is 0 Å². The Morgan fingerprint density at radius 3 is 2.04 bits per heavy atom. The van der Waals surface area contributed by atoms with Crippen LogP contribution in [0.25, 0.3) is 0 Å². The van der Waals surface area contributed by atoms with Gasteiger partial charge in [0.15, 0.2) is 0 Å². The lowest BCUT2D eigenvalue weighted by Gasteiger charge is -2.41. The van der Waals surface area contributed by atoms with Gasteiger partial charge in [0, 0.05) is 0 Å². The Labute approximate surface area is 133 Å². The van der Waals surface area contributed by atoms with Crippen LogP contribution in [-0.4, -0.2) is 77.3 Å². The van der Waals surface area contributed by atoms with E-state index in [0.717, 1.165) is 0 Å². The predicted molar refractivity (Wildman–Crippen MR) is 68.7 cm³/mol. The smallest absolute Gasteiger partial charge is 0.388 e. The van der Waals surface area contributed by atoms with E-state index in [1.807, 2.05) is 0 Å². The molecular weight excluding hydrogens is 405 g/mol. The molecule has 1 fully saturated rings. The maximum absolute atomic E-state index is 11.4. The predicted octanol–water partition coefficient (Wildman–Crippen LogP) is -2.87. The van der Waals surface area contributed by atoms with Crippen molar-refractivity contribution in [3.8, 4) is 0 Å². The normalized spacial score (nSPS) is 36.8. The molecule has 144 valence electrons. The summed E-state index contributed by atoms with van der Waals surface area (Å²) in [5.74, 6) is -2.80. The highest BCUT2D eigenvalue weighted by Gasteiger charge is 2.50. The molecule has 1 aliphatic rings. The summed E-state index contributed by atoms with van der Waals surface area (Å²) >= 11 is 0. The molecular formula is C6H15O15P3. The Morgan fingerprint density at radius 1 is 1.00 bits per heavy atom. The first-order valence-corrected chi connectivity index (χ1v) is 10.3. The molecule has 24 heavy (non-hydrogen) atoms. The topological polar surface area (TPSA) is 250 Å². The minimum Gasteiger partial charge on any atom is -0.388 e. The van der Waals surface area contributed by atoms with Crippen LogP contribution in [-0.2, 0) is 31.6 Å². The number of rotatable bonds is 7. The van der Waals surface area contributed by atoms with Gasteiger partial charge in [-0.3, -0.25) is 4.52 Å². The van der Waals surface area contributed by atoms with E-state index in [2.05, 4.69) is 17.9 Å². The second-order valence-electron chi connectivity index (χ2n) is 4.52. The van der Waals surface area contributed by atoms with Crippen molar-refractivity contribution in [2.75, 3.05) is 13.2 Å². The van der Waals surface area contributed by atoms with Gasteiger partial charge in [0.2, 0.25) is 5.79 Å². The molecule has 0 aliphatic carbocycles. The molecule has 8 N–H and O–H groups in total. The number of hydrogen-bond acceptors (Lipinski definition) is 11. The molecule has 0 amide bonds. The molecule has 1 rings (SSSR count). The molecule has 3 unspecified atom stereocenters. The lowest BCUT2D eigenvalue weighted by atomic mass is 9.98. The van der Waals surface area contributed by atoms with E-state index in [-0.39, 0.29) is 0 Å². The van der Waals surface area contributed by atoms with Crippen molar-refractivity contribution in [1.82, 2.24) is 0 Å². The van der Waals surface area contributed by atoms with Crippen molar-refractivity contribution in [3.05, 3.63) is 0 Å². The molecule has 0 aromatic heterocycles.